The summed E-state index contributed by atoms with van der Waals surface area (Å²) < 4.78 is 0. The standard InChI is InChI=1S/C15H19NO2S/c1-10-7-9-19-14(10)15(18)16-8-3-5-12(16)11-4-2-6-13(11)17/h7,9,11-12H,2-6,8H2,1H3. The molecule has 1 aliphatic heterocycles. The van der Waals surface area contributed by atoms with Gasteiger partial charge in [-0.25, -0.2) is 0 Å². The topological polar surface area (TPSA) is 37.4 Å². The zero-order chi connectivity index (χ0) is 13.4. The van der Waals surface area contributed by atoms with Crippen molar-refractivity contribution in [3.63, 3.8) is 0 Å². The second-order valence-corrected chi connectivity index (χ2v) is 6.52. The molecule has 2 unspecified atom stereocenters. The molecule has 1 saturated heterocycles. The molecule has 2 aliphatic rings. The number of likely N-dealkylation sites (tertiary alicyclic amines) is 1. The van der Waals surface area contributed by atoms with Gasteiger partial charge in [0.25, 0.3) is 5.91 Å². The Morgan fingerprint density at radius 2 is 2.21 bits per heavy atom. The van der Waals surface area contributed by atoms with E-state index in [-0.39, 0.29) is 17.9 Å². The van der Waals surface area contributed by atoms with E-state index in [0.717, 1.165) is 42.7 Å². The third-order valence-corrected chi connectivity index (χ3v) is 5.44. The van der Waals surface area contributed by atoms with Crippen molar-refractivity contribution in [3.8, 4) is 0 Å². The first-order chi connectivity index (χ1) is 9.18. The van der Waals surface area contributed by atoms with Crippen molar-refractivity contribution >= 4 is 23.0 Å². The predicted octanol–water partition coefficient (Wildman–Crippen LogP) is 3.03. The number of nitrogens with zero attached hydrogens (tertiary/aromatic N) is 1. The molecular weight excluding hydrogens is 258 g/mol. The van der Waals surface area contributed by atoms with Gasteiger partial charge in [0.15, 0.2) is 0 Å². The van der Waals surface area contributed by atoms with Crippen molar-refractivity contribution < 1.29 is 9.59 Å². The summed E-state index contributed by atoms with van der Waals surface area (Å²) in [6.45, 7) is 2.79. The zero-order valence-corrected chi connectivity index (χ0v) is 12.0. The second-order valence-electron chi connectivity index (χ2n) is 5.61. The van der Waals surface area contributed by atoms with E-state index in [1.54, 1.807) is 0 Å². The molecule has 0 N–H and O–H groups in total. The first kappa shape index (κ1) is 12.9. The zero-order valence-electron chi connectivity index (χ0n) is 11.2. The molecule has 19 heavy (non-hydrogen) atoms. The van der Waals surface area contributed by atoms with Crippen LogP contribution in [0.3, 0.4) is 0 Å². The van der Waals surface area contributed by atoms with Crippen LogP contribution in [0.5, 0.6) is 0 Å². The molecule has 3 nitrogen and oxygen atoms in total. The molecule has 0 radical (unpaired) electrons. The molecule has 3 rings (SSSR count). The highest BCUT2D eigenvalue weighted by atomic mass is 32.1. The van der Waals surface area contributed by atoms with Crippen LogP contribution in [-0.4, -0.2) is 29.2 Å². The van der Waals surface area contributed by atoms with Gasteiger partial charge >= 0.3 is 0 Å². The van der Waals surface area contributed by atoms with Gasteiger partial charge in [0, 0.05) is 24.9 Å². The lowest BCUT2D eigenvalue weighted by Crippen LogP contribution is -2.41. The average molecular weight is 277 g/mol. The maximum atomic E-state index is 12.6. The number of carbonyl (C=O) groups excluding carboxylic acids is 2. The normalized spacial score (nSPS) is 27.2. The Kier molecular flexibility index (Phi) is 3.44. The molecule has 1 amide bonds. The molecule has 2 atom stereocenters. The minimum absolute atomic E-state index is 0.103. The van der Waals surface area contributed by atoms with Crippen molar-refractivity contribution in [2.45, 2.75) is 45.1 Å². The molecule has 1 aromatic rings. The summed E-state index contributed by atoms with van der Waals surface area (Å²) in [7, 11) is 0. The quantitative estimate of drug-likeness (QED) is 0.833. The van der Waals surface area contributed by atoms with Crippen molar-refractivity contribution in [2.75, 3.05) is 6.54 Å². The molecular formula is C15H19NO2S. The summed E-state index contributed by atoms with van der Waals surface area (Å²) in [4.78, 5) is 27.4. The molecule has 1 saturated carbocycles. The van der Waals surface area contributed by atoms with E-state index in [9.17, 15) is 9.59 Å². The van der Waals surface area contributed by atoms with Gasteiger partial charge in [0.05, 0.1) is 4.88 Å². The van der Waals surface area contributed by atoms with Crippen LogP contribution in [-0.2, 0) is 4.79 Å². The van der Waals surface area contributed by atoms with E-state index in [1.165, 1.54) is 11.3 Å². The fourth-order valence-electron chi connectivity index (χ4n) is 3.43. The monoisotopic (exact) mass is 277 g/mol. The number of hydrogen-bond donors (Lipinski definition) is 0. The summed E-state index contributed by atoms with van der Waals surface area (Å²) in [5.41, 5.74) is 1.05. The highest BCUT2D eigenvalue weighted by Gasteiger charge is 2.40. The average Bonchev–Trinajstić information content (AvgIpc) is 3.07. The number of hydrogen-bond acceptors (Lipinski definition) is 3. The number of rotatable bonds is 2. The van der Waals surface area contributed by atoms with E-state index >= 15 is 0 Å². The summed E-state index contributed by atoms with van der Waals surface area (Å²) in [6, 6.07) is 2.15. The minimum atomic E-state index is 0.103. The largest absolute Gasteiger partial charge is 0.334 e. The van der Waals surface area contributed by atoms with Gasteiger partial charge in [-0.15, -0.1) is 11.3 Å². The summed E-state index contributed by atoms with van der Waals surface area (Å²) in [6.07, 6.45) is 4.70. The SMILES string of the molecule is Cc1ccsc1C(=O)N1CCCC1C1CCCC1=O. The lowest BCUT2D eigenvalue weighted by molar-refractivity contribution is -0.121. The third kappa shape index (κ3) is 2.22. The van der Waals surface area contributed by atoms with E-state index in [0.29, 0.717) is 12.2 Å². The molecule has 1 aromatic heterocycles. The minimum Gasteiger partial charge on any atom is -0.334 e. The summed E-state index contributed by atoms with van der Waals surface area (Å²) in [5, 5.41) is 1.97. The summed E-state index contributed by atoms with van der Waals surface area (Å²) in [5.74, 6) is 0.606. The Bertz CT molecular complexity index is 508. The number of thiophene rings is 1. The van der Waals surface area contributed by atoms with Crippen LogP contribution in [0.1, 0.15) is 47.3 Å². The van der Waals surface area contributed by atoms with E-state index in [1.807, 2.05) is 23.3 Å². The molecule has 2 fully saturated rings. The number of ketones is 1. The van der Waals surface area contributed by atoms with Crippen molar-refractivity contribution in [1.29, 1.82) is 0 Å². The number of amides is 1. The van der Waals surface area contributed by atoms with Crippen LogP contribution in [0.15, 0.2) is 11.4 Å². The Hall–Kier alpha value is -1.16. The summed E-state index contributed by atoms with van der Waals surface area (Å²) >= 11 is 1.51. The first-order valence-corrected chi connectivity index (χ1v) is 7.94. The first-order valence-electron chi connectivity index (χ1n) is 7.06. The van der Waals surface area contributed by atoms with Gasteiger partial charge in [-0.05, 0) is 49.6 Å². The smallest absolute Gasteiger partial charge is 0.264 e. The highest BCUT2D eigenvalue weighted by Crippen LogP contribution is 2.34. The van der Waals surface area contributed by atoms with E-state index in [4.69, 9.17) is 0 Å². The highest BCUT2D eigenvalue weighted by molar-refractivity contribution is 7.12. The number of carbonyl (C=O) groups is 2. The lowest BCUT2D eigenvalue weighted by Gasteiger charge is -2.28. The molecule has 4 heteroatoms. The lowest BCUT2D eigenvalue weighted by atomic mass is 9.95. The fraction of sp³-hybridized carbons (Fsp3) is 0.600. The Balaban J connectivity index is 1.81. The molecule has 0 aromatic carbocycles. The van der Waals surface area contributed by atoms with Crippen molar-refractivity contribution in [2.24, 2.45) is 5.92 Å². The maximum absolute atomic E-state index is 12.6. The van der Waals surface area contributed by atoms with Gasteiger partial charge in [-0.3, -0.25) is 9.59 Å². The molecule has 1 aliphatic carbocycles. The Morgan fingerprint density at radius 3 is 2.84 bits per heavy atom. The van der Waals surface area contributed by atoms with Crippen LogP contribution in [0.25, 0.3) is 0 Å². The van der Waals surface area contributed by atoms with E-state index in [2.05, 4.69) is 0 Å². The third-order valence-electron chi connectivity index (χ3n) is 4.43. The molecule has 0 spiro atoms. The van der Waals surface area contributed by atoms with Gasteiger partial charge in [-0.2, -0.15) is 0 Å². The molecule has 2 heterocycles. The fourth-order valence-corrected chi connectivity index (χ4v) is 4.32. The molecule has 102 valence electrons. The van der Waals surface area contributed by atoms with Gasteiger partial charge in [0.2, 0.25) is 0 Å². The van der Waals surface area contributed by atoms with E-state index < -0.39 is 0 Å². The second kappa shape index (κ2) is 5.08. The van der Waals surface area contributed by atoms with Crippen LogP contribution in [0, 0.1) is 12.8 Å². The van der Waals surface area contributed by atoms with Crippen molar-refractivity contribution in [1.82, 2.24) is 4.90 Å². The van der Waals surface area contributed by atoms with Gasteiger partial charge in [-0.1, -0.05) is 0 Å². The van der Waals surface area contributed by atoms with Crippen LogP contribution < -0.4 is 0 Å². The van der Waals surface area contributed by atoms with Crippen molar-refractivity contribution in [3.05, 3.63) is 21.9 Å². The van der Waals surface area contributed by atoms with Gasteiger partial charge < -0.3 is 4.90 Å². The predicted molar refractivity (Wildman–Crippen MR) is 75.5 cm³/mol. The Morgan fingerprint density at radius 1 is 1.37 bits per heavy atom. The van der Waals surface area contributed by atoms with Crippen LogP contribution >= 0.6 is 11.3 Å². The number of Topliss-reactive ketones (excluding diaryl/α,β-unsaturated/α-hetero) is 1. The maximum Gasteiger partial charge on any atom is 0.264 e. The number of aryl methyl sites for hydroxylation is 1. The van der Waals surface area contributed by atoms with Crippen LogP contribution in [0.2, 0.25) is 0 Å². The molecule has 0 bridgehead atoms. The Labute approximate surface area is 117 Å². The van der Waals surface area contributed by atoms with Crippen LogP contribution in [0.4, 0.5) is 0 Å². The van der Waals surface area contributed by atoms with Gasteiger partial charge in [0.1, 0.15) is 5.78 Å².